The van der Waals surface area contributed by atoms with Gasteiger partial charge in [0, 0.05) is 53.0 Å². The number of nitrogens with one attached hydrogen (secondary N) is 2. The molecular formula is C19H29IN6S. The summed E-state index contributed by atoms with van der Waals surface area (Å²) >= 11 is 1.82. The molecule has 2 aromatic rings. The van der Waals surface area contributed by atoms with E-state index in [1.54, 1.807) is 0 Å². The van der Waals surface area contributed by atoms with E-state index in [0.717, 1.165) is 44.3 Å². The zero-order chi connectivity index (χ0) is 18.4. The standard InChI is InChI=1S/C19H28N6S.HI/c1-20-19(22-14-15-6-9-21-17(13-15)24(2)3)23-16-7-10-25(11-8-16)18-5-4-12-26-18;/h4-6,9,12-13,16H,7-8,10-11,14H2,1-3H3,(H2,20,22,23);1H. The predicted molar refractivity (Wildman–Crippen MR) is 127 cm³/mol. The van der Waals surface area contributed by atoms with Crippen molar-refractivity contribution in [3.8, 4) is 0 Å². The number of aliphatic imine (C=N–C) groups is 1. The van der Waals surface area contributed by atoms with Gasteiger partial charge in [0.2, 0.25) is 0 Å². The van der Waals surface area contributed by atoms with Gasteiger partial charge in [-0.2, -0.15) is 0 Å². The highest BCUT2D eigenvalue weighted by Gasteiger charge is 2.20. The molecule has 1 fully saturated rings. The van der Waals surface area contributed by atoms with Gasteiger partial charge in [0.1, 0.15) is 5.82 Å². The maximum atomic E-state index is 4.38. The smallest absolute Gasteiger partial charge is 0.191 e. The first-order valence-corrected chi connectivity index (χ1v) is 9.91. The molecule has 0 saturated carbocycles. The second-order valence-electron chi connectivity index (χ2n) is 6.70. The molecule has 0 aliphatic carbocycles. The average Bonchev–Trinajstić information content (AvgIpc) is 3.20. The minimum Gasteiger partial charge on any atom is -0.363 e. The molecule has 0 spiro atoms. The topological polar surface area (TPSA) is 55.8 Å². The monoisotopic (exact) mass is 500 g/mol. The van der Waals surface area contributed by atoms with Gasteiger partial charge in [-0.25, -0.2) is 4.98 Å². The normalized spacial score (nSPS) is 15.2. The van der Waals surface area contributed by atoms with Crippen LogP contribution in [0, 0.1) is 0 Å². The first-order valence-electron chi connectivity index (χ1n) is 9.03. The Balaban J connectivity index is 0.00000261. The summed E-state index contributed by atoms with van der Waals surface area (Å²) in [5.74, 6) is 1.83. The number of hydrogen-bond acceptors (Lipinski definition) is 5. The third-order valence-electron chi connectivity index (χ3n) is 4.61. The number of thiophene rings is 1. The molecule has 0 aromatic carbocycles. The van der Waals surface area contributed by atoms with Gasteiger partial charge < -0.3 is 20.4 Å². The van der Waals surface area contributed by atoms with Crippen LogP contribution in [-0.2, 0) is 6.54 Å². The highest BCUT2D eigenvalue weighted by molar-refractivity contribution is 14.0. The molecule has 2 N–H and O–H groups in total. The molecule has 0 radical (unpaired) electrons. The summed E-state index contributed by atoms with van der Waals surface area (Å²) in [4.78, 5) is 13.2. The van der Waals surface area contributed by atoms with Crippen LogP contribution in [0.4, 0.5) is 10.8 Å². The molecule has 1 aliphatic rings. The molecule has 0 unspecified atom stereocenters. The van der Waals surface area contributed by atoms with Crippen molar-refractivity contribution in [3.05, 3.63) is 41.4 Å². The van der Waals surface area contributed by atoms with Crippen molar-refractivity contribution in [1.82, 2.24) is 15.6 Å². The summed E-state index contributed by atoms with van der Waals surface area (Å²) < 4.78 is 0. The van der Waals surface area contributed by atoms with Crippen molar-refractivity contribution >= 4 is 52.1 Å². The highest BCUT2D eigenvalue weighted by atomic mass is 127. The largest absolute Gasteiger partial charge is 0.363 e. The molecule has 148 valence electrons. The molecular weight excluding hydrogens is 471 g/mol. The van der Waals surface area contributed by atoms with Gasteiger partial charge in [0.05, 0.1) is 5.00 Å². The summed E-state index contributed by atoms with van der Waals surface area (Å²) in [5, 5.41) is 10.5. The van der Waals surface area contributed by atoms with Crippen molar-refractivity contribution in [2.75, 3.05) is 44.0 Å². The lowest BCUT2D eigenvalue weighted by atomic mass is 10.1. The summed E-state index contributed by atoms with van der Waals surface area (Å²) in [6, 6.07) is 8.92. The Kier molecular flexibility index (Phi) is 8.62. The molecule has 3 heterocycles. The molecule has 8 heteroatoms. The van der Waals surface area contributed by atoms with E-state index < -0.39 is 0 Å². The summed E-state index contributed by atoms with van der Waals surface area (Å²) in [6.07, 6.45) is 4.10. The van der Waals surface area contributed by atoms with Crippen molar-refractivity contribution in [2.24, 2.45) is 4.99 Å². The lowest BCUT2D eigenvalue weighted by Crippen LogP contribution is -2.48. The van der Waals surface area contributed by atoms with Gasteiger partial charge in [0.15, 0.2) is 5.96 Å². The van der Waals surface area contributed by atoms with Gasteiger partial charge in [-0.3, -0.25) is 4.99 Å². The Morgan fingerprint density at radius 3 is 2.74 bits per heavy atom. The van der Waals surface area contributed by atoms with E-state index in [0.29, 0.717) is 6.04 Å². The highest BCUT2D eigenvalue weighted by Crippen LogP contribution is 2.24. The zero-order valence-electron chi connectivity index (χ0n) is 16.2. The fourth-order valence-electron chi connectivity index (χ4n) is 3.08. The summed E-state index contributed by atoms with van der Waals surface area (Å²) in [7, 11) is 5.83. The van der Waals surface area contributed by atoms with E-state index >= 15 is 0 Å². The molecule has 1 saturated heterocycles. The molecule has 0 bridgehead atoms. The van der Waals surface area contributed by atoms with Crippen molar-refractivity contribution in [2.45, 2.75) is 25.4 Å². The van der Waals surface area contributed by atoms with Gasteiger partial charge >= 0.3 is 0 Å². The van der Waals surface area contributed by atoms with Crippen molar-refractivity contribution < 1.29 is 0 Å². The van der Waals surface area contributed by atoms with Crippen LogP contribution in [0.2, 0.25) is 0 Å². The predicted octanol–water partition coefficient (Wildman–Crippen LogP) is 3.16. The van der Waals surface area contributed by atoms with Crippen molar-refractivity contribution in [1.29, 1.82) is 0 Å². The first kappa shape index (κ1) is 21.7. The van der Waals surface area contributed by atoms with Crippen LogP contribution in [0.15, 0.2) is 40.8 Å². The molecule has 2 aromatic heterocycles. The van der Waals surface area contributed by atoms with Gasteiger partial charge in [-0.1, -0.05) is 0 Å². The maximum absolute atomic E-state index is 4.38. The van der Waals surface area contributed by atoms with E-state index in [9.17, 15) is 0 Å². The van der Waals surface area contributed by atoms with E-state index in [2.05, 4.69) is 49.1 Å². The lowest BCUT2D eigenvalue weighted by molar-refractivity contribution is 0.463. The Hall–Kier alpha value is -1.55. The third-order valence-corrected chi connectivity index (χ3v) is 5.53. The number of guanidine groups is 1. The lowest BCUT2D eigenvalue weighted by Gasteiger charge is -2.33. The van der Waals surface area contributed by atoms with E-state index in [-0.39, 0.29) is 24.0 Å². The second-order valence-corrected chi connectivity index (χ2v) is 7.63. The fraction of sp³-hybridized carbons (Fsp3) is 0.474. The Bertz CT molecular complexity index is 711. The molecule has 6 nitrogen and oxygen atoms in total. The number of hydrogen-bond donors (Lipinski definition) is 2. The quantitative estimate of drug-likeness (QED) is 0.376. The maximum Gasteiger partial charge on any atom is 0.191 e. The van der Waals surface area contributed by atoms with Crippen LogP contribution in [0.5, 0.6) is 0 Å². The number of pyridine rings is 1. The van der Waals surface area contributed by atoms with E-state index in [1.165, 1.54) is 10.6 Å². The first-order chi connectivity index (χ1) is 12.7. The molecule has 0 atom stereocenters. The number of anilines is 2. The minimum absolute atomic E-state index is 0. The Morgan fingerprint density at radius 2 is 2.11 bits per heavy atom. The Morgan fingerprint density at radius 1 is 1.33 bits per heavy atom. The van der Waals surface area contributed by atoms with Gasteiger partial charge in [-0.05, 0) is 48.1 Å². The fourth-order valence-corrected chi connectivity index (χ4v) is 3.87. The van der Waals surface area contributed by atoms with Crippen molar-refractivity contribution in [3.63, 3.8) is 0 Å². The summed E-state index contributed by atoms with van der Waals surface area (Å²) in [6.45, 7) is 2.91. The van der Waals surface area contributed by atoms with Crippen LogP contribution < -0.4 is 20.4 Å². The summed E-state index contributed by atoms with van der Waals surface area (Å²) in [5.41, 5.74) is 1.19. The van der Waals surface area contributed by atoms with Crippen LogP contribution in [0.1, 0.15) is 18.4 Å². The number of aromatic nitrogens is 1. The molecule has 3 rings (SSSR count). The molecule has 27 heavy (non-hydrogen) atoms. The van der Waals surface area contributed by atoms with Crippen LogP contribution in [-0.4, -0.2) is 51.2 Å². The second kappa shape index (κ2) is 10.7. The zero-order valence-corrected chi connectivity index (χ0v) is 19.3. The number of nitrogens with zero attached hydrogens (tertiary/aromatic N) is 4. The number of rotatable bonds is 5. The Labute approximate surface area is 183 Å². The SMILES string of the molecule is CN=C(NCc1ccnc(N(C)C)c1)NC1CCN(c2cccs2)CC1.I. The minimum atomic E-state index is 0. The van der Waals surface area contributed by atoms with Crippen LogP contribution in [0.25, 0.3) is 0 Å². The van der Waals surface area contributed by atoms with Gasteiger partial charge in [-0.15, -0.1) is 35.3 Å². The average molecular weight is 500 g/mol. The van der Waals surface area contributed by atoms with Gasteiger partial charge in [0.25, 0.3) is 0 Å². The molecule has 1 aliphatic heterocycles. The van der Waals surface area contributed by atoms with Crippen LogP contribution in [0.3, 0.4) is 0 Å². The molecule has 0 amide bonds. The number of piperidine rings is 1. The van der Waals surface area contributed by atoms with E-state index in [1.807, 2.05) is 49.6 Å². The van der Waals surface area contributed by atoms with E-state index in [4.69, 9.17) is 0 Å². The number of halogens is 1. The van der Waals surface area contributed by atoms with Crippen LogP contribution >= 0.6 is 35.3 Å². The third kappa shape index (κ3) is 6.24.